The first-order valence-corrected chi connectivity index (χ1v) is 11.0. The number of hydrogen-bond acceptors (Lipinski definition) is 5. The van der Waals surface area contributed by atoms with Gasteiger partial charge in [-0.25, -0.2) is 22.0 Å². The predicted molar refractivity (Wildman–Crippen MR) is 110 cm³/mol. The van der Waals surface area contributed by atoms with Gasteiger partial charge < -0.3 is 16.0 Å². The molecule has 3 N–H and O–H groups in total. The third kappa shape index (κ3) is 4.43. The standard InChI is InChI=1S/C21H20F2N4O3S/c22-16-6-17(23)8-19(7-16)31(29,30)18-3-1-13(2-4-18)9-26-21(28)27-11-14-5-20(24)25-10-15(14)12-27/h1-8,15H,9-12H2,(H2,24,25)(H,26,28). The molecule has 0 radical (unpaired) electrons. The summed E-state index contributed by atoms with van der Waals surface area (Å²) in [7, 11) is -4.06. The SMILES string of the molecule is NC1=NCC2CN(C(=O)NCc3ccc(S(=O)(=O)c4cc(F)cc(F)c4)cc3)CC2=C1. The first-order chi connectivity index (χ1) is 14.7. The summed E-state index contributed by atoms with van der Waals surface area (Å²) in [6, 6.07) is 7.69. The van der Waals surface area contributed by atoms with Gasteiger partial charge in [0.25, 0.3) is 0 Å². The van der Waals surface area contributed by atoms with Gasteiger partial charge in [-0.05, 0) is 41.5 Å². The Morgan fingerprint density at radius 3 is 2.48 bits per heavy atom. The van der Waals surface area contributed by atoms with Crippen LogP contribution in [-0.2, 0) is 16.4 Å². The molecule has 162 valence electrons. The third-order valence-electron chi connectivity index (χ3n) is 5.28. The number of rotatable bonds is 4. The van der Waals surface area contributed by atoms with Gasteiger partial charge in [-0.15, -0.1) is 0 Å². The minimum absolute atomic E-state index is 0.0966. The van der Waals surface area contributed by atoms with Crippen LogP contribution in [0.3, 0.4) is 0 Å². The van der Waals surface area contributed by atoms with E-state index in [1.165, 1.54) is 12.1 Å². The molecule has 7 nitrogen and oxygen atoms in total. The minimum Gasteiger partial charge on any atom is -0.384 e. The molecule has 31 heavy (non-hydrogen) atoms. The molecule has 0 saturated carbocycles. The maximum Gasteiger partial charge on any atom is 0.317 e. The van der Waals surface area contributed by atoms with E-state index in [1.54, 1.807) is 17.0 Å². The number of halogens is 2. The van der Waals surface area contributed by atoms with E-state index in [2.05, 4.69) is 10.3 Å². The summed E-state index contributed by atoms with van der Waals surface area (Å²) < 4.78 is 52.0. The normalized spacial score (nSPS) is 18.3. The molecule has 2 amide bonds. The Balaban J connectivity index is 1.39. The molecule has 0 aromatic heterocycles. The number of nitrogens with one attached hydrogen (secondary N) is 1. The van der Waals surface area contributed by atoms with Gasteiger partial charge in [0.05, 0.1) is 9.79 Å². The fraction of sp³-hybridized carbons (Fsp3) is 0.238. The highest BCUT2D eigenvalue weighted by molar-refractivity contribution is 7.91. The van der Waals surface area contributed by atoms with Crippen LogP contribution < -0.4 is 11.1 Å². The fourth-order valence-corrected chi connectivity index (χ4v) is 4.94. The van der Waals surface area contributed by atoms with E-state index in [0.29, 0.717) is 37.1 Å². The second-order valence-corrected chi connectivity index (χ2v) is 9.42. The van der Waals surface area contributed by atoms with Crippen LogP contribution >= 0.6 is 0 Å². The van der Waals surface area contributed by atoms with Crippen molar-refractivity contribution in [2.45, 2.75) is 16.3 Å². The van der Waals surface area contributed by atoms with Crippen LogP contribution in [0.1, 0.15) is 5.56 Å². The van der Waals surface area contributed by atoms with Crippen molar-refractivity contribution >= 4 is 21.7 Å². The molecule has 0 spiro atoms. The quantitative estimate of drug-likeness (QED) is 0.752. The highest BCUT2D eigenvalue weighted by atomic mass is 32.2. The lowest BCUT2D eigenvalue weighted by Crippen LogP contribution is -2.38. The Morgan fingerprint density at radius 2 is 1.81 bits per heavy atom. The largest absolute Gasteiger partial charge is 0.384 e. The Labute approximate surface area is 178 Å². The van der Waals surface area contributed by atoms with Crippen LogP contribution in [0.4, 0.5) is 13.6 Å². The average molecular weight is 446 g/mol. The van der Waals surface area contributed by atoms with Gasteiger partial charge in [-0.1, -0.05) is 12.1 Å². The first-order valence-electron chi connectivity index (χ1n) is 9.55. The van der Waals surface area contributed by atoms with Crippen LogP contribution in [0.15, 0.2) is 68.9 Å². The zero-order valence-corrected chi connectivity index (χ0v) is 17.2. The summed E-state index contributed by atoms with van der Waals surface area (Å²) in [4.78, 5) is 17.8. The molecule has 1 saturated heterocycles. The Bertz CT molecular complexity index is 1170. The zero-order chi connectivity index (χ0) is 22.2. The topological polar surface area (TPSA) is 105 Å². The molecule has 2 heterocycles. The van der Waals surface area contributed by atoms with Gasteiger partial charge in [-0.3, -0.25) is 4.99 Å². The van der Waals surface area contributed by atoms with E-state index in [4.69, 9.17) is 5.73 Å². The van der Waals surface area contributed by atoms with E-state index in [0.717, 1.165) is 17.7 Å². The predicted octanol–water partition coefficient (Wildman–Crippen LogP) is 2.24. The number of carbonyl (C=O) groups is 1. The summed E-state index contributed by atoms with van der Waals surface area (Å²) in [5.74, 6) is -1.27. The van der Waals surface area contributed by atoms with Gasteiger partial charge in [0, 0.05) is 38.2 Å². The Hall–Kier alpha value is -3.27. The monoisotopic (exact) mass is 446 g/mol. The summed E-state index contributed by atoms with van der Waals surface area (Å²) in [6.45, 7) is 1.84. The number of dihydropyridines is 1. The average Bonchev–Trinajstić information content (AvgIpc) is 3.15. The van der Waals surface area contributed by atoms with Crippen molar-refractivity contribution in [2.75, 3.05) is 19.6 Å². The van der Waals surface area contributed by atoms with E-state index in [9.17, 15) is 22.0 Å². The van der Waals surface area contributed by atoms with Crippen molar-refractivity contribution < 1.29 is 22.0 Å². The smallest absolute Gasteiger partial charge is 0.317 e. The number of nitrogens with two attached hydrogens (primary N) is 1. The number of amides is 2. The van der Waals surface area contributed by atoms with E-state index >= 15 is 0 Å². The molecule has 4 rings (SSSR count). The zero-order valence-electron chi connectivity index (χ0n) is 16.4. The molecule has 2 aromatic carbocycles. The summed E-state index contributed by atoms with van der Waals surface area (Å²) >= 11 is 0. The molecule has 0 aliphatic carbocycles. The lowest BCUT2D eigenvalue weighted by Gasteiger charge is -2.17. The Kier molecular flexibility index (Phi) is 5.48. The van der Waals surface area contributed by atoms with Crippen molar-refractivity contribution in [2.24, 2.45) is 16.6 Å². The van der Waals surface area contributed by atoms with Crippen molar-refractivity contribution in [1.82, 2.24) is 10.2 Å². The van der Waals surface area contributed by atoms with E-state index in [-0.39, 0.29) is 23.4 Å². The van der Waals surface area contributed by atoms with Crippen LogP contribution in [0.5, 0.6) is 0 Å². The summed E-state index contributed by atoms with van der Waals surface area (Å²) in [5.41, 5.74) is 7.49. The second-order valence-electron chi connectivity index (χ2n) is 7.47. The fourth-order valence-electron chi connectivity index (χ4n) is 3.64. The number of nitrogens with zero attached hydrogens (tertiary/aromatic N) is 2. The van der Waals surface area contributed by atoms with Crippen LogP contribution in [0.2, 0.25) is 0 Å². The molecule has 1 fully saturated rings. The lowest BCUT2D eigenvalue weighted by atomic mass is 10.0. The molecular weight excluding hydrogens is 426 g/mol. The van der Waals surface area contributed by atoms with Crippen LogP contribution in [0.25, 0.3) is 0 Å². The number of urea groups is 1. The third-order valence-corrected chi connectivity index (χ3v) is 7.03. The number of likely N-dealkylation sites (tertiary alicyclic amines) is 1. The van der Waals surface area contributed by atoms with Crippen molar-refractivity contribution in [3.8, 4) is 0 Å². The summed E-state index contributed by atoms with van der Waals surface area (Å²) in [6.07, 6.45) is 1.81. The number of aliphatic imine (C=N–C) groups is 1. The summed E-state index contributed by atoms with van der Waals surface area (Å²) in [5, 5.41) is 2.81. The van der Waals surface area contributed by atoms with Crippen molar-refractivity contribution in [1.29, 1.82) is 0 Å². The second kappa shape index (κ2) is 8.10. The van der Waals surface area contributed by atoms with Gasteiger partial charge >= 0.3 is 6.03 Å². The number of sulfone groups is 1. The molecule has 2 aliphatic heterocycles. The molecule has 1 atom stereocenters. The molecule has 1 unspecified atom stereocenters. The van der Waals surface area contributed by atoms with Crippen molar-refractivity contribution in [3.63, 3.8) is 0 Å². The molecule has 2 aromatic rings. The number of amidine groups is 1. The maximum atomic E-state index is 13.4. The molecule has 10 heteroatoms. The van der Waals surface area contributed by atoms with Gasteiger partial charge in [0.2, 0.25) is 9.84 Å². The van der Waals surface area contributed by atoms with Crippen molar-refractivity contribution in [3.05, 3.63) is 71.3 Å². The van der Waals surface area contributed by atoms with Gasteiger partial charge in [0.1, 0.15) is 17.5 Å². The van der Waals surface area contributed by atoms with E-state index in [1.807, 2.05) is 6.08 Å². The van der Waals surface area contributed by atoms with Gasteiger partial charge in [0.15, 0.2) is 0 Å². The highest BCUT2D eigenvalue weighted by Gasteiger charge is 2.31. The Morgan fingerprint density at radius 1 is 1.13 bits per heavy atom. The number of fused-ring (bicyclic) bond motifs is 1. The first kappa shape index (κ1) is 21.0. The lowest BCUT2D eigenvalue weighted by molar-refractivity contribution is 0.207. The van der Waals surface area contributed by atoms with E-state index < -0.39 is 26.4 Å². The number of benzene rings is 2. The van der Waals surface area contributed by atoms with Crippen LogP contribution in [0, 0.1) is 17.6 Å². The highest BCUT2D eigenvalue weighted by Crippen LogP contribution is 2.26. The maximum absolute atomic E-state index is 13.4. The number of carbonyl (C=O) groups excluding carboxylic acids is 1. The molecule has 2 aliphatic rings. The minimum atomic E-state index is -4.06. The molecule has 0 bridgehead atoms. The van der Waals surface area contributed by atoms with Gasteiger partial charge in [-0.2, -0.15) is 0 Å². The van der Waals surface area contributed by atoms with Crippen LogP contribution in [-0.4, -0.2) is 44.8 Å². The molecular formula is C21H20F2N4O3S. The number of hydrogen-bond donors (Lipinski definition) is 2.